The molecule has 0 N–H and O–H groups in total. The highest BCUT2D eigenvalue weighted by molar-refractivity contribution is 7.90. The van der Waals surface area contributed by atoms with Gasteiger partial charge in [-0.25, -0.2) is 4.39 Å². The first-order valence-electron chi connectivity index (χ1n) is 8.20. The topological polar surface area (TPSA) is 70.1 Å². The fourth-order valence-electron chi connectivity index (χ4n) is 3.24. The third-order valence-electron chi connectivity index (χ3n) is 4.58. The van der Waals surface area contributed by atoms with Gasteiger partial charge in [-0.05, 0) is 24.3 Å². The molecule has 0 aromatic heterocycles. The molecule has 0 bridgehead atoms. The minimum Gasteiger partial charge on any atom is -0.352 e. The fourth-order valence-corrected chi connectivity index (χ4v) is 4.47. The van der Waals surface area contributed by atoms with Crippen molar-refractivity contribution in [2.75, 3.05) is 26.2 Å². The molecule has 1 fully saturated rings. The summed E-state index contributed by atoms with van der Waals surface area (Å²) in [6.07, 6.45) is 0. The van der Waals surface area contributed by atoms with Gasteiger partial charge in [-0.1, -0.05) is 24.3 Å². The Hall–Kier alpha value is -2.74. The molecule has 2 heterocycles. The molecule has 0 atom stereocenters. The van der Waals surface area contributed by atoms with Gasteiger partial charge in [0.15, 0.2) is 5.84 Å². The normalized spacial score (nSPS) is 18.4. The highest BCUT2D eigenvalue weighted by Crippen LogP contribution is 2.28. The molecule has 2 aromatic carbocycles. The number of hydrogen-bond donors (Lipinski definition) is 0. The summed E-state index contributed by atoms with van der Waals surface area (Å²) < 4.78 is 42.1. The number of carbonyl (C=O) groups excluding carboxylic acids is 1. The highest BCUT2D eigenvalue weighted by atomic mass is 32.2. The van der Waals surface area contributed by atoms with E-state index in [1.54, 1.807) is 41.3 Å². The summed E-state index contributed by atoms with van der Waals surface area (Å²) in [6, 6.07) is 12.6. The van der Waals surface area contributed by atoms with Gasteiger partial charge in [0.05, 0.1) is 5.56 Å². The van der Waals surface area contributed by atoms with Crippen LogP contribution in [-0.2, 0) is 10.0 Å². The standard InChI is InChI=1S/C18H16FN3O3S/c19-15-7-3-1-5-13(15)18(23)22-11-9-21(10-12-22)17-14-6-2-4-8-16(14)26(24,25)20-17/h1-8H,9-12H2. The third-order valence-corrected chi connectivity index (χ3v) is 5.91. The van der Waals surface area contributed by atoms with Gasteiger partial charge >= 0.3 is 0 Å². The number of benzene rings is 2. The molecular weight excluding hydrogens is 357 g/mol. The van der Waals surface area contributed by atoms with Crippen LogP contribution in [0.15, 0.2) is 57.8 Å². The van der Waals surface area contributed by atoms with E-state index in [9.17, 15) is 17.6 Å². The first kappa shape index (κ1) is 16.7. The first-order chi connectivity index (χ1) is 12.5. The van der Waals surface area contributed by atoms with Crippen LogP contribution in [0.1, 0.15) is 15.9 Å². The van der Waals surface area contributed by atoms with Crippen molar-refractivity contribution in [3.63, 3.8) is 0 Å². The highest BCUT2D eigenvalue weighted by Gasteiger charge is 2.33. The van der Waals surface area contributed by atoms with Crippen molar-refractivity contribution in [2.24, 2.45) is 4.40 Å². The molecular formula is C18H16FN3O3S. The molecule has 2 aliphatic heterocycles. The number of nitrogens with zero attached hydrogens (tertiary/aromatic N) is 3. The van der Waals surface area contributed by atoms with E-state index < -0.39 is 15.8 Å². The Morgan fingerprint density at radius 1 is 0.962 bits per heavy atom. The minimum atomic E-state index is -3.67. The lowest BCUT2D eigenvalue weighted by molar-refractivity contribution is 0.0687. The number of amides is 1. The number of fused-ring (bicyclic) bond motifs is 1. The molecule has 0 spiro atoms. The van der Waals surface area contributed by atoms with Gasteiger partial charge < -0.3 is 9.80 Å². The van der Waals surface area contributed by atoms with Gasteiger partial charge in [0.1, 0.15) is 10.7 Å². The summed E-state index contributed by atoms with van der Waals surface area (Å²) in [5.41, 5.74) is 0.633. The number of rotatable bonds is 1. The van der Waals surface area contributed by atoms with Crippen molar-refractivity contribution >= 4 is 21.8 Å². The van der Waals surface area contributed by atoms with Crippen LogP contribution in [0.3, 0.4) is 0 Å². The van der Waals surface area contributed by atoms with E-state index in [-0.39, 0.29) is 16.4 Å². The van der Waals surface area contributed by atoms with E-state index in [4.69, 9.17) is 0 Å². The summed E-state index contributed by atoms with van der Waals surface area (Å²) in [5, 5.41) is 0. The van der Waals surface area contributed by atoms with Crippen LogP contribution in [-0.4, -0.2) is 56.1 Å². The summed E-state index contributed by atoms with van der Waals surface area (Å²) in [4.78, 5) is 16.1. The van der Waals surface area contributed by atoms with E-state index in [0.717, 1.165) is 0 Å². The maximum Gasteiger partial charge on any atom is 0.285 e. The maximum absolute atomic E-state index is 13.8. The molecule has 1 amide bonds. The van der Waals surface area contributed by atoms with Gasteiger partial charge in [-0.2, -0.15) is 8.42 Å². The summed E-state index contributed by atoms with van der Waals surface area (Å²) in [5.74, 6) is -0.483. The number of hydrogen-bond acceptors (Lipinski definition) is 4. The van der Waals surface area contributed by atoms with Crippen molar-refractivity contribution in [3.05, 3.63) is 65.5 Å². The molecule has 0 unspecified atom stereocenters. The van der Waals surface area contributed by atoms with Crippen molar-refractivity contribution in [1.29, 1.82) is 0 Å². The molecule has 0 saturated carbocycles. The van der Waals surface area contributed by atoms with Crippen molar-refractivity contribution < 1.29 is 17.6 Å². The van der Waals surface area contributed by atoms with Crippen LogP contribution >= 0.6 is 0 Å². The van der Waals surface area contributed by atoms with E-state index in [1.807, 2.05) is 4.90 Å². The molecule has 4 rings (SSSR count). The second-order valence-electron chi connectivity index (χ2n) is 6.15. The number of halogens is 1. The van der Waals surface area contributed by atoms with E-state index in [0.29, 0.717) is 37.6 Å². The SMILES string of the molecule is O=C(c1ccccc1F)N1CCN(C2=NS(=O)(=O)c3ccccc32)CC1. The van der Waals surface area contributed by atoms with E-state index in [2.05, 4.69) is 4.40 Å². The second kappa shape index (κ2) is 6.21. The van der Waals surface area contributed by atoms with Crippen LogP contribution in [0.2, 0.25) is 0 Å². The second-order valence-corrected chi connectivity index (χ2v) is 7.72. The summed E-state index contributed by atoms with van der Waals surface area (Å²) in [7, 11) is -3.67. The molecule has 26 heavy (non-hydrogen) atoms. The predicted octanol–water partition coefficient (Wildman–Crippen LogP) is 1.73. The Kier molecular flexibility index (Phi) is 3.99. The predicted molar refractivity (Wildman–Crippen MR) is 94.0 cm³/mol. The lowest BCUT2D eigenvalue weighted by atomic mass is 10.1. The lowest BCUT2D eigenvalue weighted by Gasteiger charge is -2.35. The fraction of sp³-hybridized carbons (Fsp3) is 0.222. The quantitative estimate of drug-likeness (QED) is 0.763. The largest absolute Gasteiger partial charge is 0.352 e. The number of sulfonamides is 1. The van der Waals surface area contributed by atoms with Crippen LogP contribution in [0.25, 0.3) is 0 Å². The van der Waals surface area contributed by atoms with Crippen LogP contribution < -0.4 is 0 Å². The zero-order valence-corrected chi connectivity index (χ0v) is 14.6. The summed E-state index contributed by atoms with van der Waals surface area (Å²) >= 11 is 0. The van der Waals surface area contributed by atoms with Crippen LogP contribution in [0, 0.1) is 5.82 Å². The monoisotopic (exact) mass is 373 g/mol. The van der Waals surface area contributed by atoms with Crippen molar-refractivity contribution in [2.45, 2.75) is 4.90 Å². The van der Waals surface area contributed by atoms with E-state index >= 15 is 0 Å². The molecule has 0 radical (unpaired) electrons. The Bertz CT molecular complexity index is 1010. The number of carbonyl (C=O) groups is 1. The molecule has 2 aliphatic rings. The molecule has 134 valence electrons. The Balaban J connectivity index is 1.52. The number of amidine groups is 1. The zero-order valence-electron chi connectivity index (χ0n) is 13.8. The Labute approximate surface area is 150 Å². The van der Waals surface area contributed by atoms with Crippen LogP contribution in [0.5, 0.6) is 0 Å². The summed E-state index contributed by atoms with van der Waals surface area (Å²) in [6.45, 7) is 1.61. The molecule has 0 aliphatic carbocycles. The molecule has 1 saturated heterocycles. The average Bonchev–Trinajstić information content (AvgIpc) is 2.93. The van der Waals surface area contributed by atoms with Crippen molar-refractivity contribution in [3.8, 4) is 0 Å². The molecule has 8 heteroatoms. The van der Waals surface area contributed by atoms with Crippen molar-refractivity contribution in [1.82, 2.24) is 9.80 Å². The minimum absolute atomic E-state index is 0.0482. The smallest absolute Gasteiger partial charge is 0.285 e. The zero-order chi connectivity index (χ0) is 18.3. The van der Waals surface area contributed by atoms with Gasteiger partial charge in [-0.3, -0.25) is 4.79 Å². The van der Waals surface area contributed by atoms with E-state index in [1.165, 1.54) is 12.1 Å². The van der Waals surface area contributed by atoms with Gasteiger partial charge in [0.25, 0.3) is 15.9 Å². The third kappa shape index (κ3) is 2.76. The first-order valence-corrected chi connectivity index (χ1v) is 9.64. The Morgan fingerprint density at radius 3 is 2.35 bits per heavy atom. The Morgan fingerprint density at radius 2 is 1.62 bits per heavy atom. The van der Waals surface area contributed by atoms with Gasteiger partial charge in [-0.15, -0.1) is 4.40 Å². The molecule has 6 nitrogen and oxygen atoms in total. The van der Waals surface area contributed by atoms with Crippen LogP contribution in [0.4, 0.5) is 4.39 Å². The molecule has 2 aromatic rings. The maximum atomic E-state index is 13.8. The number of piperazine rings is 1. The lowest BCUT2D eigenvalue weighted by Crippen LogP contribution is -2.50. The van der Waals surface area contributed by atoms with Gasteiger partial charge in [0.2, 0.25) is 0 Å². The average molecular weight is 373 g/mol. The van der Waals surface area contributed by atoms with Gasteiger partial charge in [0, 0.05) is 31.7 Å².